The van der Waals surface area contributed by atoms with E-state index >= 15 is 0 Å². The van der Waals surface area contributed by atoms with Gasteiger partial charge in [0.25, 0.3) is 5.91 Å². The maximum Gasteiger partial charge on any atom is 0.274 e. The molecule has 17 heavy (non-hydrogen) atoms. The second kappa shape index (κ2) is 3.73. The van der Waals surface area contributed by atoms with Gasteiger partial charge in [0.05, 0.1) is 30.1 Å². The van der Waals surface area contributed by atoms with Crippen molar-refractivity contribution in [3.05, 3.63) is 11.4 Å². The van der Waals surface area contributed by atoms with Crippen LogP contribution in [0.2, 0.25) is 0 Å². The summed E-state index contributed by atoms with van der Waals surface area (Å²) in [5.74, 6) is -0.163. The molecule has 1 saturated heterocycles. The molecule has 6 heteroatoms. The van der Waals surface area contributed by atoms with Crippen molar-refractivity contribution in [1.29, 1.82) is 0 Å². The fourth-order valence-corrected chi connectivity index (χ4v) is 2.11. The van der Waals surface area contributed by atoms with Crippen LogP contribution in [0, 0.1) is 6.92 Å². The first-order valence-electron chi connectivity index (χ1n) is 5.68. The van der Waals surface area contributed by atoms with Gasteiger partial charge in [-0.2, -0.15) is 5.10 Å². The van der Waals surface area contributed by atoms with Crippen LogP contribution in [0.15, 0.2) is 0 Å². The van der Waals surface area contributed by atoms with Crippen molar-refractivity contribution in [2.24, 2.45) is 7.05 Å². The first-order valence-corrected chi connectivity index (χ1v) is 5.68. The normalized spacial score (nSPS) is 18.0. The van der Waals surface area contributed by atoms with E-state index < -0.39 is 5.60 Å². The molecule has 1 amide bonds. The number of amides is 1. The molecule has 0 radical (unpaired) electrons. The topological polar surface area (TPSA) is 84.4 Å². The molecule has 6 nitrogen and oxygen atoms in total. The van der Waals surface area contributed by atoms with E-state index in [1.165, 1.54) is 4.68 Å². The van der Waals surface area contributed by atoms with Crippen molar-refractivity contribution in [2.45, 2.75) is 25.9 Å². The maximum absolute atomic E-state index is 12.2. The first-order chi connectivity index (χ1) is 7.88. The summed E-state index contributed by atoms with van der Waals surface area (Å²) in [7, 11) is 1.70. The van der Waals surface area contributed by atoms with Crippen LogP contribution in [0.1, 0.15) is 29.5 Å². The number of anilines is 1. The van der Waals surface area contributed by atoms with Gasteiger partial charge in [-0.3, -0.25) is 9.48 Å². The molecule has 0 spiro atoms. The number of carbonyl (C=O) groups is 1. The second-order valence-electron chi connectivity index (χ2n) is 4.71. The number of likely N-dealkylation sites (tertiary alicyclic amines) is 1. The molecule has 1 aliphatic rings. The largest absolute Gasteiger partial charge is 0.395 e. The number of aromatic nitrogens is 2. The van der Waals surface area contributed by atoms with Gasteiger partial charge in [0.1, 0.15) is 5.69 Å². The predicted octanol–water partition coefficient (Wildman–Crippen LogP) is -0.0924. The zero-order valence-corrected chi connectivity index (χ0v) is 10.4. The number of carbonyl (C=O) groups excluding carboxylic acids is 1. The summed E-state index contributed by atoms with van der Waals surface area (Å²) in [6.07, 6.45) is 0.649. The average Bonchev–Trinajstić information content (AvgIpc) is 2.48. The van der Waals surface area contributed by atoms with E-state index in [-0.39, 0.29) is 5.91 Å². The molecule has 1 aromatic heterocycles. The summed E-state index contributed by atoms with van der Waals surface area (Å²) in [6, 6.07) is 0. The molecular weight excluding hydrogens is 220 g/mol. The Balaban J connectivity index is 2.17. The smallest absolute Gasteiger partial charge is 0.274 e. The van der Waals surface area contributed by atoms with Crippen LogP contribution in [0.25, 0.3) is 0 Å². The number of β-amino-alcohol motifs (C(OH)–C–C–N with tert-alkyl or cyclic N) is 1. The van der Waals surface area contributed by atoms with E-state index in [2.05, 4.69) is 5.10 Å². The SMILES string of the molecule is CCC1(O)CN(C(=O)c2c(N)c(C)nn2C)C1. The van der Waals surface area contributed by atoms with Crippen molar-refractivity contribution in [1.82, 2.24) is 14.7 Å². The van der Waals surface area contributed by atoms with Crippen molar-refractivity contribution in [2.75, 3.05) is 18.8 Å². The summed E-state index contributed by atoms with van der Waals surface area (Å²) >= 11 is 0. The monoisotopic (exact) mass is 238 g/mol. The third-order valence-corrected chi connectivity index (χ3v) is 3.39. The lowest BCUT2D eigenvalue weighted by Gasteiger charge is -2.46. The molecule has 1 aromatic rings. The van der Waals surface area contributed by atoms with Gasteiger partial charge in [0.15, 0.2) is 0 Å². The maximum atomic E-state index is 12.2. The van der Waals surface area contributed by atoms with E-state index in [0.717, 1.165) is 0 Å². The fourth-order valence-electron chi connectivity index (χ4n) is 2.11. The number of rotatable bonds is 2. The molecule has 1 fully saturated rings. The molecule has 0 bridgehead atoms. The van der Waals surface area contributed by atoms with E-state index in [1.807, 2.05) is 6.92 Å². The number of aryl methyl sites for hydroxylation is 2. The van der Waals surface area contributed by atoms with Crippen molar-refractivity contribution < 1.29 is 9.90 Å². The Labute approximate surface area is 100 Å². The number of nitrogens with zero attached hydrogens (tertiary/aromatic N) is 3. The van der Waals surface area contributed by atoms with Gasteiger partial charge in [0, 0.05) is 7.05 Å². The Kier molecular flexibility index (Phi) is 2.61. The van der Waals surface area contributed by atoms with Crippen LogP contribution in [0.5, 0.6) is 0 Å². The molecule has 0 aliphatic carbocycles. The lowest BCUT2D eigenvalue weighted by Crippen LogP contribution is -2.63. The standard InChI is InChI=1S/C11H18N4O2/c1-4-11(17)5-15(6-11)10(16)9-8(12)7(2)13-14(9)3/h17H,4-6,12H2,1-3H3. The van der Waals surface area contributed by atoms with Crippen LogP contribution in [0.3, 0.4) is 0 Å². The highest BCUT2D eigenvalue weighted by Gasteiger charge is 2.43. The van der Waals surface area contributed by atoms with Gasteiger partial charge in [-0.15, -0.1) is 0 Å². The van der Waals surface area contributed by atoms with Crippen LogP contribution >= 0.6 is 0 Å². The van der Waals surface area contributed by atoms with Crippen molar-refractivity contribution in [3.63, 3.8) is 0 Å². The predicted molar refractivity (Wildman–Crippen MR) is 63.5 cm³/mol. The third-order valence-electron chi connectivity index (χ3n) is 3.39. The molecular formula is C11H18N4O2. The van der Waals surface area contributed by atoms with Gasteiger partial charge in [-0.1, -0.05) is 6.92 Å². The molecule has 0 atom stereocenters. The molecule has 0 unspecified atom stereocenters. The van der Waals surface area contributed by atoms with Crippen LogP contribution < -0.4 is 5.73 Å². The minimum absolute atomic E-state index is 0.163. The summed E-state index contributed by atoms with van der Waals surface area (Å²) in [5.41, 5.74) is 6.58. The highest BCUT2D eigenvalue weighted by molar-refractivity contribution is 5.98. The van der Waals surface area contributed by atoms with E-state index in [4.69, 9.17) is 5.73 Å². The fraction of sp³-hybridized carbons (Fsp3) is 0.636. The number of nitrogen functional groups attached to an aromatic ring is 1. The quantitative estimate of drug-likeness (QED) is 0.754. The van der Waals surface area contributed by atoms with Gasteiger partial charge in [0.2, 0.25) is 0 Å². The van der Waals surface area contributed by atoms with Crippen molar-refractivity contribution in [3.8, 4) is 0 Å². The molecule has 94 valence electrons. The zero-order chi connectivity index (χ0) is 12.8. The summed E-state index contributed by atoms with van der Waals surface area (Å²) in [5, 5.41) is 14.0. The Morgan fingerprint density at radius 1 is 1.59 bits per heavy atom. The van der Waals surface area contributed by atoms with Crippen LogP contribution in [0.4, 0.5) is 5.69 Å². The lowest BCUT2D eigenvalue weighted by atomic mass is 9.91. The molecule has 1 aliphatic heterocycles. The molecule has 0 saturated carbocycles. The Hall–Kier alpha value is -1.56. The van der Waals surface area contributed by atoms with Gasteiger partial charge < -0.3 is 15.7 Å². The number of hydrogen-bond donors (Lipinski definition) is 2. The number of hydrogen-bond acceptors (Lipinski definition) is 4. The Morgan fingerprint density at radius 3 is 2.59 bits per heavy atom. The Bertz CT molecular complexity index is 460. The van der Waals surface area contributed by atoms with E-state index in [9.17, 15) is 9.90 Å². The highest BCUT2D eigenvalue weighted by Crippen LogP contribution is 2.27. The van der Waals surface area contributed by atoms with Gasteiger partial charge in [-0.25, -0.2) is 0 Å². The highest BCUT2D eigenvalue weighted by atomic mass is 16.3. The minimum atomic E-state index is -0.724. The zero-order valence-electron chi connectivity index (χ0n) is 10.4. The minimum Gasteiger partial charge on any atom is -0.395 e. The average molecular weight is 238 g/mol. The number of nitrogens with two attached hydrogens (primary N) is 1. The van der Waals surface area contributed by atoms with Gasteiger partial charge in [-0.05, 0) is 13.3 Å². The van der Waals surface area contributed by atoms with Crippen LogP contribution in [-0.4, -0.2) is 44.4 Å². The van der Waals surface area contributed by atoms with E-state index in [0.29, 0.717) is 36.6 Å². The summed E-state index contributed by atoms with van der Waals surface area (Å²) < 4.78 is 1.50. The van der Waals surface area contributed by atoms with E-state index in [1.54, 1.807) is 18.9 Å². The number of aliphatic hydroxyl groups is 1. The summed E-state index contributed by atoms with van der Waals surface area (Å²) in [6.45, 7) is 4.41. The van der Waals surface area contributed by atoms with Crippen LogP contribution in [-0.2, 0) is 7.05 Å². The van der Waals surface area contributed by atoms with Crippen molar-refractivity contribution >= 4 is 11.6 Å². The third kappa shape index (κ3) is 1.78. The first kappa shape index (κ1) is 11.9. The van der Waals surface area contributed by atoms with Gasteiger partial charge >= 0.3 is 0 Å². The summed E-state index contributed by atoms with van der Waals surface area (Å²) in [4.78, 5) is 13.8. The molecule has 3 N–H and O–H groups in total. The molecule has 0 aromatic carbocycles. The lowest BCUT2D eigenvalue weighted by molar-refractivity contribution is -0.0829. The Morgan fingerprint density at radius 2 is 2.18 bits per heavy atom. The molecule has 2 rings (SSSR count). The second-order valence-corrected chi connectivity index (χ2v) is 4.71. The molecule has 2 heterocycles.